The molecule has 0 saturated heterocycles. The largest absolute Gasteiger partial charge is 0.443 e. The van der Waals surface area contributed by atoms with Crippen LogP contribution in [0.15, 0.2) is 35.8 Å². The molecule has 1 aromatic carbocycles. The van der Waals surface area contributed by atoms with Crippen LogP contribution in [-0.2, 0) is 4.74 Å². The van der Waals surface area contributed by atoms with Crippen LogP contribution in [0.25, 0.3) is 22.4 Å². The van der Waals surface area contributed by atoms with Gasteiger partial charge in [-0.05, 0) is 33.8 Å². The quantitative estimate of drug-likeness (QED) is 0.527. The molecular weight excluding hydrogens is 390 g/mol. The lowest BCUT2D eigenvalue weighted by Gasteiger charge is -2.19. The van der Waals surface area contributed by atoms with Crippen molar-refractivity contribution < 1.29 is 14.6 Å². The van der Waals surface area contributed by atoms with Crippen LogP contribution in [0.4, 0.5) is 4.79 Å². The SMILES string of the molecule is Cc1nnc(-c2csc(C(O)c3cn(C(=O)OC(C)(C)C)c4ccccc34)n2)[nH]1. The molecule has 3 aromatic heterocycles. The summed E-state index contributed by atoms with van der Waals surface area (Å²) in [4.78, 5) is 20.2. The van der Waals surface area contributed by atoms with E-state index in [1.807, 2.05) is 57.3 Å². The fourth-order valence-electron chi connectivity index (χ4n) is 3.00. The van der Waals surface area contributed by atoms with E-state index in [2.05, 4.69) is 20.2 Å². The summed E-state index contributed by atoms with van der Waals surface area (Å²) in [5, 5.41) is 22.1. The van der Waals surface area contributed by atoms with Gasteiger partial charge in [-0.25, -0.2) is 9.78 Å². The van der Waals surface area contributed by atoms with E-state index in [0.717, 1.165) is 5.39 Å². The second-order valence-corrected chi connectivity index (χ2v) is 8.57. The summed E-state index contributed by atoms with van der Waals surface area (Å²) in [6, 6.07) is 7.39. The second kappa shape index (κ2) is 7.09. The van der Waals surface area contributed by atoms with Gasteiger partial charge >= 0.3 is 6.09 Å². The number of hydrogen-bond donors (Lipinski definition) is 2. The average Bonchev–Trinajstić information content (AvgIpc) is 3.37. The summed E-state index contributed by atoms with van der Waals surface area (Å²) >= 11 is 1.32. The molecule has 0 aliphatic heterocycles. The molecule has 1 atom stereocenters. The van der Waals surface area contributed by atoms with Crippen LogP contribution in [0.5, 0.6) is 0 Å². The Bertz CT molecular complexity index is 1180. The molecule has 4 aromatic rings. The third kappa shape index (κ3) is 3.79. The van der Waals surface area contributed by atoms with E-state index in [9.17, 15) is 9.90 Å². The highest BCUT2D eigenvalue weighted by Gasteiger charge is 2.25. The molecule has 0 radical (unpaired) electrons. The monoisotopic (exact) mass is 411 g/mol. The van der Waals surface area contributed by atoms with Crippen molar-refractivity contribution >= 4 is 28.3 Å². The molecule has 9 heteroatoms. The van der Waals surface area contributed by atoms with E-state index in [-0.39, 0.29) is 0 Å². The Hall–Kier alpha value is -3.04. The lowest BCUT2D eigenvalue weighted by Crippen LogP contribution is -2.26. The molecule has 150 valence electrons. The predicted molar refractivity (Wildman–Crippen MR) is 110 cm³/mol. The van der Waals surface area contributed by atoms with Crippen LogP contribution >= 0.6 is 11.3 Å². The first-order chi connectivity index (χ1) is 13.7. The number of nitrogens with zero attached hydrogens (tertiary/aromatic N) is 4. The van der Waals surface area contributed by atoms with E-state index in [4.69, 9.17) is 4.74 Å². The fraction of sp³-hybridized carbons (Fsp3) is 0.300. The Labute approximate surface area is 171 Å². The summed E-state index contributed by atoms with van der Waals surface area (Å²) in [5.41, 5.74) is 1.24. The van der Waals surface area contributed by atoms with Gasteiger partial charge in [0.25, 0.3) is 0 Å². The fourth-order valence-corrected chi connectivity index (χ4v) is 3.81. The number of aliphatic hydroxyl groups excluding tert-OH is 1. The zero-order valence-corrected chi connectivity index (χ0v) is 17.3. The van der Waals surface area contributed by atoms with Gasteiger partial charge in [0.15, 0.2) is 5.82 Å². The van der Waals surface area contributed by atoms with Gasteiger partial charge in [-0.1, -0.05) is 18.2 Å². The molecule has 29 heavy (non-hydrogen) atoms. The van der Waals surface area contributed by atoms with E-state index in [1.54, 1.807) is 6.20 Å². The van der Waals surface area contributed by atoms with Crippen LogP contribution in [0, 0.1) is 6.92 Å². The zero-order valence-electron chi connectivity index (χ0n) is 16.5. The Balaban J connectivity index is 1.72. The molecule has 4 rings (SSSR count). The highest BCUT2D eigenvalue weighted by atomic mass is 32.1. The third-order valence-corrected chi connectivity index (χ3v) is 5.12. The van der Waals surface area contributed by atoms with Crippen molar-refractivity contribution in [2.75, 3.05) is 0 Å². The lowest BCUT2D eigenvalue weighted by atomic mass is 10.1. The van der Waals surface area contributed by atoms with Crippen LogP contribution in [0.3, 0.4) is 0 Å². The standard InChI is InChI=1S/C20H21N5O3S/c1-11-21-17(24-23-11)14-10-29-18(22-14)16(26)13-9-25(19(27)28-20(2,3)4)15-8-6-5-7-12(13)15/h5-10,16,26H,1-4H3,(H,21,23,24). The number of hydrogen-bond acceptors (Lipinski definition) is 7. The number of ether oxygens (including phenoxy) is 1. The van der Waals surface area contributed by atoms with Crippen LogP contribution in [-0.4, -0.2) is 41.5 Å². The Morgan fingerprint density at radius 3 is 2.72 bits per heavy atom. The summed E-state index contributed by atoms with van der Waals surface area (Å²) in [5.74, 6) is 1.24. The number of aryl methyl sites for hydroxylation is 1. The van der Waals surface area contributed by atoms with Gasteiger partial charge in [0.2, 0.25) is 0 Å². The van der Waals surface area contributed by atoms with Crippen molar-refractivity contribution in [3.8, 4) is 11.5 Å². The Morgan fingerprint density at radius 2 is 2.03 bits per heavy atom. The number of aromatic nitrogens is 5. The van der Waals surface area contributed by atoms with Gasteiger partial charge < -0.3 is 14.8 Å². The van der Waals surface area contributed by atoms with Gasteiger partial charge in [0.1, 0.15) is 28.2 Å². The number of carbonyl (C=O) groups is 1. The maximum atomic E-state index is 12.7. The zero-order chi connectivity index (χ0) is 20.8. The third-order valence-electron chi connectivity index (χ3n) is 4.23. The van der Waals surface area contributed by atoms with Crippen LogP contribution < -0.4 is 0 Å². The van der Waals surface area contributed by atoms with E-state index >= 15 is 0 Å². The molecule has 2 N–H and O–H groups in total. The smallest absolute Gasteiger partial charge is 0.419 e. The summed E-state index contributed by atoms with van der Waals surface area (Å²) < 4.78 is 6.93. The van der Waals surface area contributed by atoms with Gasteiger partial charge in [-0.3, -0.25) is 4.57 Å². The number of para-hydroxylation sites is 1. The molecule has 0 fully saturated rings. The van der Waals surface area contributed by atoms with E-state index in [0.29, 0.717) is 33.4 Å². The molecule has 3 heterocycles. The van der Waals surface area contributed by atoms with Crippen molar-refractivity contribution in [2.45, 2.75) is 39.4 Å². The second-order valence-electron chi connectivity index (χ2n) is 7.68. The highest BCUT2D eigenvalue weighted by Crippen LogP contribution is 2.33. The number of benzene rings is 1. The van der Waals surface area contributed by atoms with Crippen LogP contribution in [0.2, 0.25) is 0 Å². The minimum absolute atomic E-state index is 0.496. The topological polar surface area (TPSA) is 106 Å². The molecule has 1 unspecified atom stereocenters. The van der Waals surface area contributed by atoms with Gasteiger partial charge in [0.05, 0.1) is 5.52 Å². The molecule has 0 bridgehead atoms. The minimum atomic E-state index is -0.994. The number of aliphatic hydroxyl groups is 1. The Morgan fingerprint density at radius 1 is 1.28 bits per heavy atom. The molecule has 0 saturated carbocycles. The maximum Gasteiger partial charge on any atom is 0.419 e. The number of carbonyl (C=O) groups excluding carboxylic acids is 1. The first-order valence-electron chi connectivity index (χ1n) is 9.09. The molecule has 0 amide bonds. The van der Waals surface area contributed by atoms with E-state index < -0.39 is 17.8 Å². The Kier molecular flexibility index (Phi) is 4.71. The molecular formula is C20H21N5O3S. The normalized spacial score (nSPS) is 13.0. The molecule has 8 nitrogen and oxygen atoms in total. The maximum absolute atomic E-state index is 12.7. The van der Waals surface area contributed by atoms with Crippen molar-refractivity contribution in [2.24, 2.45) is 0 Å². The molecule has 0 spiro atoms. The number of nitrogens with one attached hydrogen (secondary N) is 1. The van der Waals surface area contributed by atoms with Gasteiger partial charge in [0, 0.05) is 22.5 Å². The first kappa shape index (κ1) is 19.3. The summed E-state index contributed by atoms with van der Waals surface area (Å²) in [6.07, 6.45) is 0.124. The van der Waals surface area contributed by atoms with Gasteiger partial charge in [-0.15, -0.1) is 21.5 Å². The number of fused-ring (bicyclic) bond motifs is 1. The van der Waals surface area contributed by atoms with Crippen molar-refractivity contribution in [1.29, 1.82) is 0 Å². The summed E-state index contributed by atoms with van der Waals surface area (Å²) in [6.45, 7) is 7.25. The number of thiazole rings is 1. The van der Waals surface area contributed by atoms with Crippen LogP contribution in [0.1, 0.15) is 43.3 Å². The number of H-pyrrole nitrogens is 1. The first-order valence-corrected chi connectivity index (χ1v) is 9.97. The van der Waals surface area contributed by atoms with Crippen molar-refractivity contribution in [3.05, 3.63) is 52.2 Å². The number of aromatic amines is 1. The molecule has 0 aliphatic rings. The highest BCUT2D eigenvalue weighted by molar-refractivity contribution is 7.10. The van der Waals surface area contributed by atoms with Crippen molar-refractivity contribution in [3.63, 3.8) is 0 Å². The molecule has 0 aliphatic carbocycles. The van der Waals surface area contributed by atoms with Crippen molar-refractivity contribution in [1.82, 2.24) is 24.7 Å². The predicted octanol–water partition coefficient (Wildman–Crippen LogP) is 4.06. The van der Waals surface area contributed by atoms with Gasteiger partial charge in [-0.2, -0.15) is 0 Å². The van der Waals surface area contributed by atoms with E-state index in [1.165, 1.54) is 15.9 Å². The summed E-state index contributed by atoms with van der Waals surface area (Å²) in [7, 11) is 0. The minimum Gasteiger partial charge on any atom is -0.443 e. The number of rotatable bonds is 3. The average molecular weight is 411 g/mol. The lowest BCUT2D eigenvalue weighted by molar-refractivity contribution is 0.0544.